The number of hydrogen-bond donors (Lipinski definition) is 0. The minimum absolute atomic E-state index is 0.638. The van der Waals surface area contributed by atoms with Gasteiger partial charge >= 0.3 is 0 Å². The zero-order chi connectivity index (χ0) is 11.7. The fourth-order valence-corrected chi connectivity index (χ4v) is 2.47. The quantitative estimate of drug-likeness (QED) is 0.691. The second kappa shape index (κ2) is 4.14. The van der Waals surface area contributed by atoms with Crippen LogP contribution in [0.2, 0.25) is 0 Å². The molecule has 0 fully saturated rings. The van der Waals surface area contributed by atoms with Gasteiger partial charge in [0.15, 0.2) is 5.75 Å². The predicted octanol–water partition coefficient (Wildman–Crippen LogP) is 3.17. The van der Waals surface area contributed by atoms with Crippen molar-refractivity contribution < 1.29 is 4.74 Å². The van der Waals surface area contributed by atoms with Crippen molar-refractivity contribution in [3.8, 4) is 16.3 Å². The first-order valence-corrected chi connectivity index (χ1v) is 6.02. The Bertz CT molecular complexity index is 650. The molecular weight excluding hydrogens is 232 g/mol. The average molecular weight is 241 g/mol. The maximum atomic E-state index is 5.33. The van der Waals surface area contributed by atoms with E-state index in [-0.39, 0.29) is 0 Å². The van der Waals surface area contributed by atoms with E-state index in [1.807, 2.05) is 29.6 Å². The summed E-state index contributed by atoms with van der Waals surface area (Å²) in [6.07, 6.45) is 4.70. The summed E-state index contributed by atoms with van der Waals surface area (Å²) in [5.41, 5.74) is 1.87. The Hall–Kier alpha value is -1.94. The third kappa shape index (κ3) is 1.66. The topological polar surface area (TPSA) is 35.0 Å². The number of rotatable bonds is 2. The highest BCUT2D eigenvalue weighted by molar-refractivity contribution is 7.13. The molecule has 0 aliphatic rings. The van der Waals surface area contributed by atoms with Crippen LogP contribution in [0.15, 0.2) is 35.8 Å². The SMILES string of the molecule is COc1[c]nc2ccccc2c1-c1nccs1. The van der Waals surface area contributed by atoms with Gasteiger partial charge < -0.3 is 4.74 Å². The number of methoxy groups -OCH3 is 1. The maximum Gasteiger partial charge on any atom is 0.157 e. The summed E-state index contributed by atoms with van der Waals surface area (Å²) in [7, 11) is 1.62. The lowest BCUT2D eigenvalue weighted by molar-refractivity contribution is 0.414. The van der Waals surface area contributed by atoms with Crippen LogP contribution in [0.1, 0.15) is 0 Å². The molecule has 2 heterocycles. The minimum Gasteiger partial charge on any atom is -0.494 e. The van der Waals surface area contributed by atoms with E-state index in [0.29, 0.717) is 5.75 Å². The van der Waals surface area contributed by atoms with Crippen molar-refractivity contribution in [2.45, 2.75) is 0 Å². The lowest BCUT2D eigenvalue weighted by Crippen LogP contribution is -1.91. The first-order valence-electron chi connectivity index (χ1n) is 5.14. The van der Waals surface area contributed by atoms with E-state index < -0.39 is 0 Å². The molecule has 1 aromatic carbocycles. The molecule has 3 rings (SSSR count). The molecule has 0 N–H and O–H groups in total. The van der Waals surface area contributed by atoms with Gasteiger partial charge in [-0.25, -0.2) is 9.97 Å². The molecule has 0 atom stereocenters. The van der Waals surface area contributed by atoms with Crippen LogP contribution in [-0.4, -0.2) is 17.1 Å². The zero-order valence-electron chi connectivity index (χ0n) is 9.18. The summed E-state index contributed by atoms with van der Waals surface area (Å²) in [6.45, 7) is 0. The van der Waals surface area contributed by atoms with Crippen LogP contribution in [0, 0.1) is 6.20 Å². The van der Waals surface area contributed by atoms with Gasteiger partial charge in [0.25, 0.3) is 0 Å². The standard InChI is InChI=1S/C13H9N2OS/c1-16-11-8-15-10-5-3-2-4-9(10)12(11)13-14-6-7-17-13/h2-7H,1H3. The summed E-state index contributed by atoms with van der Waals surface area (Å²) in [6, 6.07) is 7.93. The highest BCUT2D eigenvalue weighted by Gasteiger charge is 2.13. The van der Waals surface area contributed by atoms with Crippen molar-refractivity contribution in [3.63, 3.8) is 0 Å². The van der Waals surface area contributed by atoms with Gasteiger partial charge in [-0.3, -0.25) is 0 Å². The Balaban J connectivity index is 2.39. The number of para-hydroxylation sites is 1. The molecule has 0 saturated heterocycles. The largest absolute Gasteiger partial charge is 0.494 e. The van der Waals surface area contributed by atoms with Crippen molar-refractivity contribution in [2.24, 2.45) is 0 Å². The normalized spacial score (nSPS) is 10.6. The Morgan fingerprint density at radius 1 is 1.29 bits per heavy atom. The molecule has 0 aliphatic carbocycles. The molecule has 17 heavy (non-hydrogen) atoms. The summed E-state index contributed by atoms with van der Waals surface area (Å²) >= 11 is 1.58. The van der Waals surface area contributed by atoms with Crippen LogP contribution in [0.5, 0.6) is 5.75 Å². The molecule has 0 saturated carbocycles. The third-order valence-electron chi connectivity index (χ3n) is 2.53. The number of benzene rings is 1. The number of fused-ring (bicyclic) bond motifs is 1. The van der Waals surface area contributed by atoms with Crippen LogP contribution < -0.4 is 4.74 Å². The van der Waals surface area contributed by atoms with Crippen LogP contribution in [0.25, 0.3) is 21.5 Å². The summed E-state index contributed by atoms with van der Waals surface area (Å²) in [4.78, 5) is 8.59. The van der Waals surface area contributed by atoms with Gasteiger partial charge in [-0.05, 0) is 6.07 Å². The fraction of sp³-hybridized carbons (Fsp3) is 0.0769. The number of thiazole rings is 1. The summed E-state index contributed by atoms with van der Waals surface area (Å²) in [5.74, 6) is 0.638. The number of pyridine rings is 1. The molecule has 2 aromatic heterocycles. The molecule has 83 valence electrons. The predicted molar refractivity (Wildman–Crippen MR) is 68.2 cm³/mol. The van der Waals surface area contributed by atoms with Gasteiger partial charge in [0.2, 0.25) is 0 Å². The van der Waals surface area contributed by atoms with Gasteiger partial charge in [-0.15, -0.1) is 11.3 Å². The first-order chi connectivity index (χ1) is 8.40. The molecule has 3 nitrogen and oxygen atoms in total. The van der Waals surface area contributed by atoms with E-state index in [2.05, 4.69) is 16.2 Å². The Labute approximate surface area is 103 Å². The Morgan fingerprint density at radius 3 is 2.94 bits per heavy atom. The molecule has 3 aromatic rings. The lowest BCUT2D eigenvalue weighted by atomic mass is 10.1. The molecule has 4 heteroatoms. The van der Waals surface area contributed by atoms with E-state index in [1.165, 1.54) is 0 Å². The van der Waals surface area contributed by atoms with Gasteiger partial charge in [-0.2, -0.15) is 0 Å². The van der Waals surface area contributed by atoms with Gasteiger partial charge in [-0.1, -0.05) is 18.2 Å². The second-order valence-corrected chi connectivity index (χ2v) is 4.38. The van der Waals surface area contributed by atoms with Crippen LogP contribution in [-0.2, 0) is 0 Å². The van der Waals surface area contributed by atoms with Crippen molar-refractivity contribution in [1.29, 1.82) is 0 Å². The van der Waals surface area contributed by atoms with Gasteiger partial charge in [0, 0.05) is 17.0 Å². The Morgan fingerprint density at radius 2 is 2.18 bits per heavy atom. The smallest absolute Gasteiger partial charge is 0.157 e. The van der Waals surface area contributed by atoms with E-state index in [1.54, 1.807) is 24.6 Å². The van der Waals surface area contributed by atoms with E-state index in [4.69, 9.17) is 4.74 Å². The van der Waals surface area contributed by atoms with Crippen LogP contribution in [0.4, 0.5) is 0 Å². The summed E-state index contributed by atoms with van der Waals surface area (Å²) in [5, 5.41) is 3.92. The van der Waals surface area contributed by atoms with Gasteiger partial charge in [0.05, 0.1) is 18.2 Å². The van der Waals surface area contributed by atoms with Crippen molar-refractivity contribution in [1.82, 2.24) is 9.97 Å². The molecule has 1 radical (unpaired) electrons. The van der Waals surface area contributed by atoms with E-state index in [9.17, 15) is 0 Å². The molecule has 0 unspecified atom stereocenters. The van der Waals surface area contributed by atoms with Crippen LogP contribution in [0.3, 0.4) is 0 Å². The van der Waals surface area contributed by atoms with Crippen molar-refractivity contribution in [2.75, 3.05) is 7.11 Å². The Kier molecular flexibility index (Phi) is 2.49. The van der Waals surface area contributed by atoms with E-state index >= 15 is 0 Å². The molecule has 0 aliphatic heterocycles. The molecule has 0 amide bonds. The maximum absolute atomic E-state index is 5.33. The molecule has 0 bridgehead atoms. The fourth-order valence-electron chi connectivity index (χ4n) is 1.78. The first kappa shape index (κ1) is 10.2. The number of hydrogen-bond acceptors (Lipinski definition) is 4. The highest BCUT2D eigenvalue weighted by atomic mass is 32.1. The third-order valence-corrected chi connectivity index (χ3v) is 3.32. The zero-order valence-corrected chi connectivity index (χ0v) is 9.99. The summed E-state index contributed by atoms with van der Waals surface area (Å²) < 4.78 is 5.33. The molecular formula is C13H9N2OS. The van der Waals surface area contributed by atoms with Crippen LogP contribution >= 0.6 is 11.3 Å². The minimum atomic E-state index is 0.638. The van der Waals surface area contributed by atoms with Gasteiger partial charge in [0.1, 0.15) is 11.2 Å². The highest BCUT2D eigenvalue weighted by Crippen LogP contribution is 2.36. The van der Waals surface area contributed by atoms with Crippen molar-refractivity contribution >= 4 is 22.2 Å². The van der Waals surface area contributed by atoms with E-state index in [0.717, 1.165) is 21.5 Å². The number of aromatic nitrogens is 2. The number of ether oxygens (including phenoxy) is 1. The molecule has 0 spiro atoms. The number of nitrogens with zero attached hydrogens (tertiary/aromatic N) is 2. The lowest BCUT2D eigenvalue weighted by Gasteiger charge is -2.08. The second-order valence-electron chi connectivity index (χ2n) is 3.49. The monoisotopic (exact) mass is 241 g/mol. The van der Waals surface area contributed by atoms with Crippen molar-refractivity contribution in [3.05, 3.63) is 42.0 Å². The average Bonchev–Trinajstić information content (AvgIpc) is 2.91.